The monoisotopic (exact) mass is 633 g/mol. The summed E-state index contributed by atoms with van der Waals surface area (Å²) in [5.74, 6) is -1.29. The van der Waals surface area contributed by atoms with E-state index < -0.39 is 34.0 Å². The molecule has 0 aliphatic carbocycles. The highest BCUT2D eigenvalue weighted by Crippen LogP contribution is 2.51. The molecule has 14 nitrogen and oxygen atoms in total. The van der Waals surface area contributed by atoms with E-state index in [9.17, 15) is 19.3 Å². The number of amides is 1. The summed E-state index contributed by atoms with van der Waals surface area (Å²) >= 11 is 0. The van der Waals surface area contributed by atoms with Gasteiger partial charge in [-0.1, -0.05) is 0 Å². The molecule has 42 heavy (non-hydrogen) atoms. The fourth-order valence-corrected chi connectivity index (χ4v) is 7.89. The van der Waals surface area contributed by atoms with Crippen molar-refractivity contribution in [3.05, 3.63) is 23.0 Å². The molecular formula is C26H45N5O9P2. The number of carbonyl (C=O) groups is 1. The summed E-state index contributed by atoms with van der Waals surface area (Å²) in [6.07, 6.45) is 1.10. The Balaban J connectivity index is 1.80. The minimum Gasteiger partial charge on any atom is -0.381 e. The molecule has 0 saturated carbocycles. The number of hydrogen-bond donors (Lipinski definition) is 2. The van der Waals surface area contributed by atoms with E-state index in [1.807, 2.05) is 27.7 Å². The van der Waals surface area contributed by atoms with E-state index in [2.05, 4.69) is 15.0 Å². The SMILES string of the molecule is CC(C)OP(OC(C)C)[C@@H](O)CO[C@@H]1CN(C(=O)CCP(=O)(OC(C)C)OC(C)C)C[C@H]1n1cnc2c(=O)[nH]cnc21. The van der Waals surface area contributed by atoms with Crippen LogP contribution in [-0.4, -0.2) is 97.7 Å². The van der Waals surface area contributed by atoms with Crippen molar-refractivity contribution in [3.63, 3.8) is 0 Å². The highest BCUT2D eigenvalue weighted by Gasteiger charge is 2.40. The van der Waals surface area contributed by atoms with Crippen LogP contribution in [0.25, 0.3) is 11.2 Å². The fraction of sp³-hybridized carbons (Fsp3) is 0.769. The number of H-pyrrole nitrogens is 1. The van der Waals surface area contributed by atoms with Gasteiger partial charge in [0, 0.05) is 19.5 Å². The number of ether oxygens (including phenoxy) is 1. The molecule has 0 spiro atoms. The quantitative estimate of drug-likeness (QED) is 0.258. The van der Waals surface area contributed by atoms with Crippen molar-refractivity contribution in [2.75, 3.05) is 25.9 Å². The summed E-state index contributed by atoms with van der Waals surface area (Å²) in [5.41, 5.74) is 0.129. The third kappa shape index (κ3) is 9.62. The number of aromatic nitrogens is 4. The lowest BCUT2D eigenvalue weighted by Gasteiger charge is -2.27. The minimum absolute atomic E-state index is 0.0584. The van der Waals surface area contributed by atoms with E-state index in [1.54, 1.807) is 37.2 Å². The normalized spacial score (nSPS) is 19.0. The van der Waals surface area contributed by atoms with Gasteiger partial charge >= 0.3 is 7.60 Å². The lowest BCUT2D eigenvalue weighted by molar-refractivity contribution is -0.130. The predicted molar refractivity (Wildman–Crippen MR) is 158 cm³/mol. The molecule has 2 aromatic rings. The number of nitrogens with zero attached hydrogens (tertiary/aromatic N) is 4. The fourth-order valence-electron chi connectivity index (χ4n) is 4.51. The number of hydrogen-bond acceptors (Lipinski definition) is 11. The molecule has 1 saturated heterocycles. The van der Waals surface area contributed by atoms with Gasteiger partial charge in [0.1, 0.15) is 5.85 Å². The molecule has 1 aliphatic rings. The Morgan fingerprint density at radius 1 is 1.05 bits per heavy atom. The lowest BCUT2D eigenvalue weighted by atomic mass is 10.2. The lowest BCUT2D eigenvalue weighted by Crippen LogP contribution is -2.32. The second kappa shape index (κ2) is 15.3. The Morgan fingerprint density at radius 2 is 1.67 bits per heavy atom. The number of imidazole rings is 1. The first-order valence-corrected chi connectivity index (χ1v) is 17.2. The van der Waals surface area contributed by atoms with Crippen LogP contribution < -0.4 is 5.56 Å². The van der Waals surface area contributed by atoms with Crippen LogP contribution in [-0.2, 0) is 32.2 Å². The van der Waals surface area contributed by atoms with Crippen LogP contribution in [0.15, 0.2) is 17.4 Å². The molecule has 2 N–H and O–H groups in total. The van der Waals surface area contributed by atoms with Crippen LogP contribution in [0.1, 0.15) is 67.9 Å². The zero-order valence-electron chi connectivity index (χ0n) is 25.6. The highest BCUT2D eigenvalue weighted by molar-refractivity contribution is 7.53. The number of aromatic amines is 1. The van der Waals surface area contributed by atoms with Gasteiger partial charge in [-0.2, -0.15) is 0 Å². The molecule has 0 aromatic carbocycles. The average Bonchev–Trinajstić information content (AvgIpc) is 3.49. The number of aliphatic hydroxyl groups is 1. The van der Waals surface area contributed by atoms with Crippen molar-refractivity contribution < 1.29 is 37.3 Å². The van der Waals surface area contributed by atoms with Gasteiger partial charge in [0.15, 0.2) is 11.2 Å². The molecule has 0 bridgehead atoms. The zero-order valence-corrected chi connectivity index (χ0v) is 27.4. The van der Waals surface area contributed by atoms with Crippen molar-refractivity contribution in [2.24, 2.45) is 0 Å². The number of fused-ring (bicyclic) bond motifs is 1. The van der Waals surface area contributed by atoms with Crippen molar-refractivity contribution in [1.29, 1.82) is 0 Å². The van der Waals surface area contributed by atoms with E-state index in [0.717, 1.165) is 0 Å². The van der Waals surface area contributed by atoms with Gasteiger partial charge in [-0.25, -0.2) is 9.97 Å². The van der Waals surface area contributed by atoms with Gasteiger partial charge in [0.25, 0.3) is 5.56 Å². The summed E-state index contributed by atoms with van der Waals surface area (Å²) in [4.78, 5) is 38.3. The first-order chi connectivity index (χ1) is 19.7. The van der Waals surface area contributed by atoms with Crippen LogP contribution in [0.3, 0.4) is 0 Å². The standard InChI is InChI=1S/C26H45N5O9P2/c1-16(2)37-41(38-17(3)4)23(33)13-36-21-12-30(22(32)9-10-42(35,39-18(5)6)40-19(7)8)11-20(21)31-15-29-24-25(31)27-14-28-26(24)34/h14-21,23,33H,9-13H2,1-8H3,(H,27,28,34)/t20-,21-,23-/m1/s1. The molecular weight excluding hydrogens is 588 g/mol. The van der Waals surface area contributed by atoms with Crippen LogP contribution >= 0.6 is 16.0 Å². The maximum absolute atomic E-state index is 13.4. The molecule has 0 unspecified atom stereocenters. The Kier molecular flexibility index (Phi) is 12.7. The first-order valence-electron chi connectivity index (χ1n) is 14.2. The summed E-state index contributed by atoms with van der Waals surface area (Å²) in [6.45, 7) is 14.8. The smallest absolute Gasteiger partial charge is 0.331 e. The highest BCUT2D eigenvalue weighted by atomic mass is 31.2. The van der Waals surface area contributed by atoms with Crippen LogP contribution in [0.2, 0.25) is 0 Å². The van der Waals surface area contributed by atoms with Gasteiger partial charge in [-0.3, -0.25) is 14.2 Å². The van der Waals surface area contributed by atoms with E-state index in [0.29, 0.717) is 5.65 Å². The van der Waals surface area contributed by atoms with Crippen molar-refractivity contribution in [2.45, 2.75) is 104 Å². The molecule has 3 heterocycles. The summed E-state index contributed by atoms with van der Waals surface area (Å²) in [5, 5.41) is 10.9. The largest absolute Gasteiger partial charge is 0.381 e. The topological polar surface area (TPSA) is 167 Å². The Hall–Kier alpha value is -1.76. The second-order valence-electron chi connectivity index (χ2n) is 11.3. The second-order valence-corrected chi connectivity index (χ2v) is 14.9. The molecule has 1 amide bonds. The van der Waals surface area contributed by atoms with Crippen LogP contribution in [0.5, 0.6) is 0 Å². The number of nitrogens with one attached hydrogen (secondary N) is 1. The molecule has 3 rings (SSSR count). The molecule has 2 aromatic heterocycles. The van der Waals surface area contributed by atoms with E-state index in [4.69, 9.17) is 22.8 Å². The van der Waals surface area contributed by atoms with Crippen LogP contribution in [0.4, 0.5) is 0 Å². The van der Waals surface area contributed by atoms with Crippen molar-refractivity contribution >= 4 is 33.0 Å². The maximum atomic E-state index is 13.4. The van der Waals surface area contributed by atoms with E-state index >= 15 is 0 Å². The number of carbonyl (C=O) groups excluding carboxylic acids is 1. The Bertz CT molecular complexity index is 1240. The van der Waals surface area contributed by atoms with Gasteiger partial charge in [0.05, 0.1) is 62.0 Å². The molecule has 238 valence electrons. The Morgan fingerprint density at radius 3 is 2.24 bits per heavy atom. The van der Waals surface area contributed by atoms with Gasteiger partial charge in [-0.05, 0) is 55.4 Å². The molecule has 3 atom stereocenters. The van der Waals surface area contributed by atoms with Crippen LogP contribution in [0, 0.1) is 0 Å². The van der Waals surface area contributed by atoms with Gasteiger partial charge < -0.3 is 42.4 Å². The third-order valence-electron chi connectivity index (χ3n) is 5.99. The zero-order chi connectivity index (χ0) is 31.2. The molecule has 16 heteroatoms. The minimum atomic E-state index is -3.50. The van der Waals surface area contributed by atoms with E-state index in [-0.39, 0.29) is 73.7 Å². The summed E-state index contributed by atoms with van der Waals surface area (Å²) in [7, 11) is -5.16. The van der Waals surface area contributed by atoms with E-state index in [1.165, 1.54) is 12.7 Å². The van der Waals surface area contributed by atoms with Gasteiger partial charge in [0.2, 0.25) is 14.3 Å². The first kappa shape index (κ1) is 34.7. The number of likely N-dealkylation sites (tertiary alicyclic amines) is 1. The predicted octanol–water partition coefficient (Wildman–Crippen LogP) is 3.80. The molecule has 1 fully saturated rings. The number of aliphatic hydroxyl groups excluding tert-OH is 1. The van der Waals surface area contributed by atoms with Gasteiger partial charge in [-0.15, -0.1) is 0 Å². The summed E-state index contributed by atoms with van der Waals surface area (Å²) < 4.78 is 44.0. The molecule has 0 radical (unpaired) electrons. The Labute approximate surface area is 247 Å². The summed E-state index contributed by atoms with van der Waals surface area (Å²) in [6, 6.07) is -0.464. The number of rotatable bonds is 16. The van der Waals surface area contributed by atoms with Crippen molar-refractivity contribution in [1.82, 2.24) is 24.4 Å². The average molecular weight is 634 g/mol. The van der Waals surface area contributed by atoms with Crippen molar-refractivity contribution in [3.8, 4) is 0 Å². The maximum Gasteiger partial charge on any atom is 0.331 e. The third-order valence-corrected chi connectivity index (χ3v) is 10.1. The molecule has 1 aliphatic heterocycles.